The molecule has 2 saturated heterocycles. The topological polar surface area (TPSA) is 95.5 Å². The number of carboxylic acid groups (broad SMARTS) is 1. The monoisotopic (exact) mass is 293 g/mol. The molecule has 3 rings (SSSR count). The van der Waals surface area contributed by atoms with Crippen LogP contribution in [0.4, 0.5) is 0 Å². The number of aromatic nitrogens is 2. The van der Waals surface area contributed by atoms with Gasteiger partial charge in [0.2, 0.25) is 0 Å². The van der Waals surface area contributed by atoms with E-state index in [9.17, 15) is 9.59 Å². The summed E-state index contributed by atoms with van der Waals surface area (Å²) in [6, 6.07) is 1.94. The molecule has 3 atom stereocenters. The smallest absolute Gasteiger partial charge is 0.332 e. The molecule has 1 aromatic rings. The van der Waals surface area contributed by atoms with E-state index < -0.39 is 18.2 Å². The van der Waals surface area contributed by atoms with Crippen molar-refractivity contribution in [3.05, 3.63) is 18.0 Å². The fraction of sp³-hybridized carbons (Fsp3) is 0.643. The molecule has 21 heavy (non-hydrogen) atoms. The van der Waals surface area contributed by atoms with E-state index in [4.69, 9.17) is 9.84 Å². The number of carbonyl (C=O) groups is 2. The Balaban J connectivity index is 1.61. The third kappa shape index (κ3) is 2.92. The van der Waals surface area contributed by atoms with Gasteiger partial charge in [0.1, 0.15) is 6.10 Å². The molecule has 114 valence electrons. The molecule has 2 N–H and O–H groups in total. The fourth-order valence-corrected chi connectivity index (χ4v) is 3.13. The molecule has 0 aromatic carbocycles. The minimum absolute atomic E-state index is 0.0806. The van der Waals surface area contributed by atoms with Crippen LogP contribution in [0.2, 0.25) is 0 Å². The summed E-state index contributed by atoms with van der Waals surface area (Å²) in [5.41, 5.74) is 1.04. The standard InChI is InChI=1S/C14H19N3O4/c18-13(11-3-4-12(21-11)14(19)20)17-7-1-2-9(8-17)10-5-6-15-16-10/h5-6,9,11-12H,1-4,7-8H2,(H,15,16)(H,19,20). The molecule has 0 radical (unpaired) electrons. The lowest BCUT2D eigenvalue weighted by Crippen LogP contribution is -2.44. The molecule has 3 heterocycles. The Hall–Kier alpha value is -1.89. The molecular formula is C14H19N3O4. The van der Waals surface area contributed by atoms with Gasteiger partial charge in [0.15, 0.2) is 6.10 Å². The third-order valence-electron chi connectivity index (χ3n) is 4.27. The summed E-state index contributed by atoms with van der Waals surface area (Å²) < 4.78 is 5.35. The van der Waals surface area contributed by atoms with Crippen molar-refractivity contribution >= 4 is 11.9 Å². The van der Waals surface area contributed by atoms with Gasteiger partial charge in [-0.15, -0.1) is 0 Å². The van der Waals surface area contributed by atoms with Gasteiger partial charge < -0.3 is 14.7 Å². The van der Waals surface area contributed by atoms with Crippen LogP contribution in [0.1, 0.15) is 37.3 Å². The average Bonchev–Trinajstić information content (AvgIpc) is 3.18. The minimum atomic E-state index is -0.987. The van der Waals surface area contributed by atoms with Crippen molar-refractivity contribution in [2.24, 2.45) is 0 Å². The highest BCUT2D eigenvalue weighted by Crippen LogP contribution is 2.28. The van der Waals surface area contributed by atoms with Crippen molar-refractivity contribution in [3.8, 4) is 0 Å². The Labute approximate surface area is 122 Å². The van der Waals surface area contributed by atoms with Crippen molar-refractivity contribution in [1.29, 1.82) is 0 Å². The molecule has 0 saturated carbocycles. The second-order valence-corrected chi connectivity index (χ2v) is 5.66. The van der Waals surface area contributed by atoms with Crippen molar-refractivity contribution < 1.29 is 19.4 Å². The number of carboxylic acids is 1. The largest absolute Gasteiger partial charge is 0.479 e. The van der Waals surface area contributed by atoms with Crippen molar-refractivity contribution in [1.82, 2.24) is 15.1 Å². The number of hydrogen-bond donors (Lipinski definition) is 2. The highest BCUT2D eigenvalue weighted by molar-refractivity contribution is 5.82. The SMILES string of the molecule is O=C(O)C1CCC(C(=O)N2CCCC(c3ccn[nH]3)C2)O1. The number of piperidine rings is 1. The van der Waals surface area contributed by atoms with Gasteiger partial charge in [-0.05, 0) is 31.7 Å². The zero-order chi connectivity index (χ0) is 14.8. The van der Waals surface area contributed by atoms with Crippen LogP contribution in [-0.2, 0) is 14.3 Å². The predicted octanol–water partition coefficient (Wildman–Crippen LogP) is 0.748. The molecule has 0 spiro atoms. The van der Waals surface area contributed by atoms with Crippen molar-refractivity contribution in [2.45, 2.75) is 43.8 Å². The Bertz CT molecular complexity index is 516. The Kier molecular flexibility index (Phi) is 3.92. The van der Waals surface area contributed by atoms with Crippen LogP contribution >= 0.6 is 0 Å². The van der Waals surface area contributed by atoms with E-state index in [1.807, 2.05) is 6.07 Å². The first-order valence-electron chi connectivity index (χ1n) is 7.31. The van der Waals surface area contributed by atoms with E-state index in [0.717, 1.165) is 18.5 Å². The number of nitrogens with zero attached hydrogens (tertiary/aromatic N) is 2. The van der Waals surface area contributed by atoms with Crippen LogP contribution in [-0.4, -0.2) is 57.4 Å². The molecule has 7 heteroatoms. The van der Waals surface area contributed by atoms with Gasteiger partial charge in [0.05, 0.1) is 0 Å². The predicted molar refractivity (Wildman–Crippen MR) is 72.7 cm³/mol. The van der Waals surface area contributed by atoms with E-state index in [1.54, 1.807) is 11.1 Å². The van der Waals surface area contributed by atoms with Crippen molar-refractivity contribution in [3.63, 3.8) is 0 Å². The summed E-state index contributed by atoms with van der Waals surface area (Å²) in [6.45, 7) is 1.35. The second-order valence-electron chi connectivity index (χ2n) is 5.66. The highest BCUT2D eigenvalue weighted by atomic mass is 16.5. The highest BCUT2D eigenvalue weighted by Gasteiger charge is 2.38. The first-order chi connectivity index (χ1) is 10.1. The maximum absolute atomic E-state index is 12.5. The van der Waals surface area contributed by atoms with Crippen LogP contribution < -0.4 is 0 Å². The van der Waals surface area contributed by atoms with Gasteiger partial charge in [-0.3, -0.25) is 9.89 Å². The van der Waals surface area contributed by atoms with Crippen LogP contribution in [0.5, 0.6) is 0 Å². The first kappa shape index (κ1) is 14.1. The van der Waals surface area contributed by atoms with Gasteiger partial charge in [-0.25, -0.2) is 4.79 Å². The number of ether oxygens (including phenoxy) is 1. The van der Waals surface area contributed by atoms with Gasteiger partial charge in [-0.2, -0.15) is 5.10 Å². The Morgan fingerprint density at radius 3 is 2.81 bits per heavy atom. The molecule has 2 aliphatic rings. The zero-order valence-corrected chi connectivity index (χ0v) is 11.7. The average molecular weight is 293 g/mol. The van der Waals surface area contributed by atoms with Gasteiger partial charge in [0, 0.05) is 30.9 Å². The van der Waals surface area contributed by atoms with E-state index in [1.165, 1.54) is 0 Å². The lowest BCUT2D eigenvalue weighted by molar-refractivity contribution is -0.155. The molecule has 3 unspecified atom stereocenters. The molecule has 0 aliphatic carbocycles. The Morgan fingerprint density at radius 2 is 2.14 bits per heavy atom. The maximum atomic E-state index is 12.5. The van der Waals surface area contributed by atoms with Gasteiger partial charge in [-0.1, -0.05) is 0 Å². The molecule has 1 amide bonds. The minimum Gasteiger partial charge on any atom is -0.479 e. The number of nitrogens with one attached hydrogen (secondary N) is 1. The summed E-state index contributed by atoms with van der Waals surface area (Å²) in [4.78, 5) is 25.2. The summed E-state index contributed by atoms with van der Waals surface area (Å²) in [5.74, 6) is -0.802. The molecule has 2 fully saturated rings. The van der Waals surface area contributed by atoms with Crippen molar-refractivity contribution in [2.75, 3.05) is 13.1 Å². The lowest BCUT2D eigenvalue weighted by atomic mass is 9.94. The van der Waals surface area contributed by atoms with E-state index in [-0.39, 0.29) is 11.8 Å². The number of aromatic amines is 1. The van der Waals surface area contributed by atoms with Crippen LogP contribution in [0.25, 0.3) is 0 Å². The molecule has 2 aliphatic heterocycles. The number of H-pyrrole nitrogens is 1. The molecule has 1 aromatic heterocycles. The molecule has 0 bridgehead atoms. The summed E-state index contributed by atoms with van der Waals surface area (Å²) >= 11 is 0. The summed E-state index contributed by atoms with van der Waals surface area (Å²) in [6.07, 6.45) is 3.12. The molecule has 7 nitrogen and oxygen atoms in total. The normalized spacial score (nSPS) is 29.5. The number of hydrogen-bond acceptors (Lipinski definition) is 4. The third-order valence-corrected chi connectivity index (χ3v) is 4.27. The lowest BCUT2D eigenvalue weighted by Gasteiger charge is -2.33. The number of likely N-dealkylation sites (tertiary alicyclic amines) is 1. The van der Waals surface area contributed by atoms with E-state index in [2.05, 4.69) is 10.2 Å². The van der Waals surface area contributed by atoms with E-state index >= 15 is 0 Å². The number of amides is 1. The quantitative estimate of drug-likeness (QED) is 0.857. The van der Waals surface area contributed by atoms with Gasteiger partial charge >= 0.3 is 5.97 Å². The number of aliphatic carboxylic acids is 1. The zero-order valence-electron chi connectivity index (χ0n) is 11.7. The fourth-order valence-electron chi connectivity index (χ4n) is 3.13. The van der Waals surface area contributed by atoms with Crippen LogP contribution in [0.15, 0.2) is 12.3 Å². The molecular weight excluding hydrogens is 274 g/mol. The summed E-state index contributed by atoms with van der Waals surface area (Å²) in [5, 5.41) is 15.8. The second kappa shape index (κ2) is 5.85. The summed E-state index contributed by atoms with van der Waals surface area (Å²) in [7, 11) is 0. The number of rotatable bonds is 3. The Morgan fingerprint density at radius 1 is 1.33 bits per heavy atom. The van der Waals surface area contributed by atoms with Crippen LogP contribution in [0, 0.1) is 0 Å². The van der Waals surface area contributed by atoms with Crippen LogP contribution in [0.3, 0.4) is 0 Å². The maximum Gasteiger partial charge on any atom is 0.332 e. The number of carbonyl (C=O) groups excluding carboxylic acids is 1. The van der Waals surface area contributed by atoms with Gasteiger partial charge in [0.25, 0.3) is 5.91 Å². The first-order valence-corrected chi connectivity index (χ1v) is 7.31. The van der Waals surface area contributed by atoms with E-state index in [0.29, 0.717) is 25.9 Å².